The number of pyridine rings is 1. The number of carbonyl (C=O) groups excluding carboxylic acids is 1. The number of aromatic nitrogens is 1. The Balaban J connectivity index is 2.14. The highest BCUT2D eigenvalue weighted by molar-refractivity contribution is 7.89. The summed E-state index contributed by atoms with van der Waals surface area (Å²) in [6.45, 7) is 3.47. The third-order valence-corrected chi connectivity index (χ3v) is 6.25. The second-order valence-corrected chi connectivity index (χ2v) is 7.92. The van der Waals surface area contributed by atoms with Gasteiger partial charge in [-0.2, -0.15) is 4.31 Å². The maximum Gasteiger partial charge on any atom is 0.323 e. The molecule has 1 aliphatic rings. The predicted octanol–water partition coefficient (Wildman–Crippen LogP) is 2.26. The molecule has 3 rings (SSSR count). The second kappa shape index (κ2) is 6.14. The van der Waals surface area contributed by atoms with Crippen LogP contribution < -0.4 is 0 Å². The lowest BCUT2D eigenvalue weighted by Gasteiger charge is -2.26. The molecule has 0 saturated heterocycles. The summed E-state index contributed by atoms with van der Waals surface area (Å²) in [5, 5.41) is 0.762. The van der Waals surface area contributed by atoms with Crippen LogP contribution in [0, 0.1) is 6.92 Å². The van der Waals surface area contributed by atoms with E-state index in [0.717, 1.165) is 23.8 Å². The molecule has 1 heterocycles. The Labute approximate surface area is 141 Å². The first-order chi connectivity index (χ1) is 11.4. The van der Waals surface area contributed by atoms with Gasteiger partial charge in [-0.15, -0.1) is 0 Å². The lowest BCUT2D eigenvalue weighted by Crippen LogP contribution is -2.45. The molecule has 1 unspecified atom stereocenters. The van der Waals surface area contributed by atoms with Crippen molar-refractivity contribution in [3.63, 3.8) is 0 Å². The summed E-state index contributed by atoms with van der Waals surface area (Å²) in [7, 11) is -2.60. The van der Waals surface area contributed by atoms with Gasteiger partial charge in [0.05, 0.1) is 12.6 Å². The van der Waals surface area contributed by atoms with Gasteiger partial charge in [-0.25, -0.2) is 8.42 Å². The van der Waals surface area contributed by atoms with Gasteiger partial charge in [0.1, 0.15) is 10.9 Å². The van der Waals surface area contributed by atoms with Crippen LogP contribution in [-0.2, 0) is 19.6 Å². The van der Waals surface area contributed by atoms with E-state index >= 15 is 0 Å². The average Bonchev–Trinajstić information content (AvgIpc) is 3.37. The molecular weight excluding hydrogens is 328 g/mol. The summed E-state index contributed by atoms with van der Waals surface area (Å²) in [6, 6.07) is 5.94. The van der Waals surface area contributed by atoms with Gasteiger partial charge in [-0.3, -0.25) is 9.78 Å². The van der Waals surface area contributed by atoms with E-state index < -0.39 is 22.0 Å². The van der Waals surface area contributed by atoms with Crippen molar-refractivity contribution < 1.29 is 17.9 Å². The van der Waals surface area contributed by atoms with Crippen molar-refractivity contribution in [1.29, 1.82) is 0 Å². The molecule has 1 aliphatic carbocycles. The normalized spacial score (nSPS) is 16.3. The standard InChI is InChI=1S/C17H20N2O4S/c1-11-9-13-5-4-6-15(16(13)18-10-11)24(21,22)19(14-7-8-14)12(2)17(20)23-3/h4-6,9-10,12,14H,7-8H2,1-3H3. The highest BCUT2D eigenvalue weighted by Gasteiger charge is 2.44. The number of carbonyl (C=O) groups is 1. The molecule has 0 bridgehead atoms. The first-order valence-corrected chi connectivity index (χ1v) is 9.27. The van der Waals surface area contributed by atoms with Gasteiger partial charge in [0.2, 0.25) is 10.0 Å². The molecular formula is C17H20N2O4S. The molecule has 1 aromatic heterocycles. The number of aryl methyl sites for hydroxylation is 1. The smallest absolute Gasteiger partial charge is 0.323 e. The lowest BCUT2D eigenvalue weighted by atomic mass is 10.2. The molecule has 1 fully saturated rings. The summed E-state index contributed by atoms with van der Waals surface area (Å²) in [5.74, 6) is -0.561. The summed E-state index contributed by atoms with van der Waals surface area (Å²) in [6.07, 6.45) is 3.14. The first-order valence-electron chi connectivity index (χ1n) is 7.83. The second-order valence-electron chi connectivity index (χ2n) is 6.11. The van der Waals surface area contributed by atoms with Crippen LogP contribution in [-0.4, -0.2) is 42.9 Å². The van der Waals surface area contributed by atoms with E-state index in [1.807, 2.05) is 19.1 Å². The molecule has 0 amide bonds. The highest BCUT2D eigenvalue weighted by Crippen LogP contribution is 2.35. The number of rotatable bonds is 5. The van der Waals surface area contributed by atoms with E-state index in [0.29, 0.717) is 5.52 Å². The molecule has 0 N–H and O–H groups in total. The number of fused-ring (bicyclic) bond motifs is 1. The van der Waals surface area contributed by atoms with E-state index in [1.165, 1.54) is 11.4 Å². The third kappa shape index (κ3) is 2.89. The number of sulfonamides is 1. The molecule has 1 aromatic carbocycles. The van der Waals surface area contributed by atoms with Gasteiger partial charge in [0.25, 0.3) is 0 Å². The number of esters is 1. The number of methoxy groups -OCH3 is 1. The summed E-state index contributed by atoms with van der Waals surface area (Å²) < 4.78 is 32.5. The third-order valence-electron chi connectivity index (χ3n) is 4.20. The summed E-state index contributed by atoms with van der Waals surface area (Å²) >= 11 is 0. The van der Waals surface area contributed by atoms with Crippen LogP contribution in [0.1, 0.15) is 25.3 Å². The van der Waals surface area contributed by atoms with Gasteiger partial charge in [0.15, 0.2) is 0 Å². The zero-order valence-electron chi connectivity index (χ0n) is 13.9. The fourth-order valence-electron chi connectivity index (χ4n) is 2.89. The SMILES string of the molecule is COC(=O)C(C)N(C1CC1)S(=O)(=O)c1cccc2cc(C)cnc12. The molecule has 128 valence electrons. The van der Waals surface area contributed by atoms with E-state index in [-0.39, 0.29) is 10.9 Å². The van der Waals surface area contributed by atoms with Gasteiger partial charge in [-0.05, 0) is 44.4 Å². The minimum absolute atomic E-state index is 0.127. The van der Waals surface area contributed by atoms with E-state index in [4.69, 9.17) is 4.74 Å². The molecule has 1 atom stereocenters. The Hall–Kier alpha value is -1.99. The highest BCUT2D eigenvalue weighted by atomic mass is 32.2. The quantitative estimate of drug-likeness (QED) is 0.775. The molecule has 0 radical (unpaired) electrons. The minimum atomic E-state index is -3.86. The number of benzene rings is 1. The molecule has 7 heteroatoms. The molecule has 24 heavy (non-hydrogen) atoms. The summed E-state index contributed by atoms with van der Waals surface area (Å²) in [4.78, 5) is 16.4. The molecule has 0 aliphatic heterocycles. The zero-order chi connectivity index (χ0) is 17.5. The number of para-hydroxylation sites is 1. The molecule has 0 spiro atoms. The first kappa shape index (κ1) is 16.9. The van der Waals surface area contributed by atoms with Gasteiger partial charge in [-0.1, -0.05) is 12.1 Å². The number of hydrogen-bond donors (Lipinski definition) is 0. The van der Waals surface area contributed by atoms with Crippen LogP contribution in [0.3, 0.4) is 0 Å². The van der Waals surface area contributed by atoms with E-state index in [2.05, 4.69) is 4.98 Å². The predicted molar refractivity (Wildman–Crippen MR) is 90.0 cm³/mol. The largest absolute Gasteiger partial charge is 0.468 e. The van der Waals surface area contributed by atoms with Gasteiger partial charge in [0, 0.05) is 17.6 Å². The Bertz CT molecular complexity index is 891. The van der Waals surface area contributed by atoms with E-state index in [1.54, 1.807) is 25.3 Å². The van der Waals surface area contributed by atoms with Crippen molar-refractivity contribution in [3.05, 3.63) is 36.0 Å². The van der Waals surface area contributed by atoms with Crippen molar-refractivity contribution in [3.8, 4) is 0 Å². The zero-order valence-corrected chi connectivity index (χ0v) is 14.7. The Morgan fingerprint density at radius 2 is 2.08 bits per heavy atom. The Morgan fingerprint density at radius 1 is 1.38 bits per heavy atom. The Morgan fingerprint density at radius 3 is 2.71 bits per heavy atom. The van der Waals surface area contributed by atoms with Crippen LogP contribution >= 0.6 is 0 Å². The monoisotopic (exact) mass is 348 g/mol. The average molecular weight is 348 g/mol. The Kier molecular flexibility index (Phi) is 4.31. The van der Waals surface area contributed by atoms with Crippen molar-refractivity contribution in [2.24, 2.45) is 0 Å². The van der Waals surface area contributed by atoms with Crippen molar-refractivity contribution in [1.82, 2.24) is 9.29 Å². The van der Waals surface area contributed by atoms with Crippen LogP contribution in [0.25, 0.3) is 10.9 Å². The van der Waals surface area contributed by atoms with Crippen LogP contribution in [0.4, 0.5) is 0 Å². The molecule has 2 aromatic rings. The van der Waals surface area contributed by atoms with Crippen LogP contribution in [0.2, 0.25) is 0 Å². The van der Waals surface area contributed by atoms with Crippen molar-refractivity contribution in [2.75, 3.05) is 7.11 Å². The van der Waals surface area contributed by atoms with Crippen LogP contribution in [0.15, 0.2) is 35.4 Å². The molecule has 1 saturated carbocycles. The van der Waals surface area contributed by atoms with Crippen molar-refractivity contribution in [2.45, 2.75) is 43.7 Å². The van der Waals surface area contributed by atoms with E-state index in [9.17, 15) is 13.2 Å². The van der Waals surface area contributed by atoms with Crippen molar-refractivity contribution >= 4 is 26.9 Å². The van der Waals surface area contributed by atoms with Crippen LogP contribution in [0.5, 0.6) is 0 Å². The number of hydrogen-bond acceptors (Lipinski definition) is 5. The fourth-order valence-corrected chi connectivity index (χ4v) is 4.89. The maximum atomic E-state index is 13.3. The topological polar surface area (TPSA) is 76.6 Å². The maximum absolute atomic E-state index is 13.3. The number of ether oxygens (including phenoxy) is 1. The molecule has 6 nitrogen and oxygen atoms in total. The minimum Gasteiger partial charge on any atom is -0.468 e. The van der Waals surface area contributed by atoms with Gasteiger partial charge < -0.3 is 4.74 Å². The lowest BCUT2D eigenvalue weighted by molar-refractivity contribution is -0.144. The number of nitrogens with zero attached hydrogens (tertiary/aromatic N) is 2. The van der Waals surface area contributed by atoms with Gasteiger partial charge >= 0.3 is 5.97 Å². The fraction of sp³-hybridized carbons (Fsp3) is 0.412. The summed E-state index contributed by atoms with van der Waals surface area (Å²) in [5.41, 5.74) is 1.38.